The molecule has 134 valence electrons. The molecule has 2 aromatic rings. The molecule has 1 unspecified atom stereocenters. The number of carbonyl (C=O) groups is 2. The number of nitrogen functional groups attached to an aromatic ring is 1. The fourth-order valence-electron chi connectivity index (χ4n) is 2.80. The summed E-state index contributed by atoms with van der Waals surface area (Å²) in [4.78, 5) is 23.8. The number of carbonyl (C=O) groups excluding carboxylic acids is 2. The van der Waals surface area contributed by atoms with Crippen LogP contribution >= 0.6 is 0 Å². The van der Waals surface area contributed by atoms with Crippen LogP contribution < -0.4 is 21.2 Å². The zero-order valence-electron chi connectivity index (χ0n) is 14.6. The summed E-state index contributed by atoms with van der Waals surface area (Å²) in [5.41, 5.74) is 11.6. The third-order valence-electron chi connectivity index (χ3n) is 4.19. The second kappa shape index (κ2) is 7.26. The van der Waals surface area contributed by atoms with Crippen molar-refractivity contribution in [1.29, 1.82) is 0 Å². The summed E-state index contributed by atoms with van der Waals surface area (Å²) in [7, 11) is 1.55. The number of rotatable bonds is 4. The van der Waals surface area contributed by atoms with Crippen LogP contribution in [0.1, 0.15) is 29.3 Å². The van der Waals surface area contributed by atoms with Gasteiger partial charge >= 0.3 is 0 Å². The van der Waals surface area contributed by atoms with Gasteiger partial charge < -0.3 is 15.8 Å². The molecule has 1 heterocycles. The molecule has 0 radical (unpaired) electrons. The van der Waals surface area contributed by atoms with Gasteiger partial charge in [0.2, 0.25) is 5.91 Å². The van der Waals surface area contributed by atoms with Gasteiger partial charge in [-0.3, -0.25) is 9.59 Å². The minimum atomic E-state index is -0.279. The molecule has 1 aliphatic heterocycles. The van der Waals surface area contributed by atoms with Crippen LogP contribution in [0, 0.1) is 5.92 Å². The molecule has 0 bridgehead atoms. The summed E-state index contributed by atoms with van der Waals surface area (Å²) >= 11 is 0. The lowest BCUT2D eigenvalue weighted by Gasteiger charge is -2.20. The molecule has 2 aromatic carbocycles. The Morgan fingerprint density at radius 3 is 2.81 bits per heavy atom. The van der Waals surface area contributed by atoms with Gasteiger partial charge in [-0.25, -0.2) is 5.43 Å². The van der Waals surface area contributed by atoms with Crippen LogP contribution in [0.3, 0.4) is 0 Å². The summed E-state index contributed by atoms with van der Waals surface area (Å²) in [6.45, 7) is 1.94. The molecular formula is C19H20N4O3. The van der Waals surface area contributed by atoms with E-state index in [4.69, 9.17) is 10.5 Å². The van der Waals surface area contributed by atoms with Crippen molar-refractivity contribution in [3.8, 4) is 5.75 Å². The number of nitrogens with one attached hydrogen (secondary N) is 2. The fourth-order valence-corrected chi connectivity index (χ4v) is 2.80. The van der Waals surface area contributed by atoms with Gasteiger partial charge in [-0.15, -0.1) is 0 Å². The maximum absolute atomic E-state index is 12.4. The van der Waals surface area contributed by atoms with Crippen molar-refractivity contribution in [2.45, 2.75) is 13.3 Å². The lowest BCUT2D eigenvalue weighted by atomic mass is 9.93. The Hall–Kier alpha value is -3.35. The molecule has 0 fully saturated rings. The van der Waals surface area contributed by atoms with Crippen molar-refractivity contribution in [3.63, 3.8) is 0 Å². The van der Waals surface area contributed by atoms with Crippen LogP contribution in [0.2, 0.25) is 0 Å². The van der Waals surface area contributed by atoms with Gasteiger partial charge in [0.05, 0.1) is 24.2 Å². The highest BCUT2D eigenvalue weighted by atomic mass is 16.5. The van der Waals surface area contributed by atoms with Gasteiger partial charge in [-0.05, 0) is 30.3 Å². The third-order valence-corrected chi connectivity index (χ3v) is 4.19. The lowest BCUT2D eigenvalue weighted by molar-refractivity contribution is -0.121. The predicted octanol–water partition coefficient (Wildman–Crippen LogP) is 2.39. The van der Waals surface area contributed by atoms with Crippen LogP contribution in [0.25, 0.3) is 0 Å². The molecule has 0 saturated carbocycles. The average Bonchev–Trinajstić information content (AvgIpc) is 2.63. The van der Waals surface area contributed by atoms with E-state index in [0.717, 1.165) is 11.3 Å². The first-order valence-electron chi connectivity index (χ1n) is 8.19. The van der Waals surface area contributed by atoms with Gasteiger partial charge in [-0.2, -0.15) is 5.10 Å². The van der Waals surface area contributed by atoms with E-state index in [1.54, 1.807) is 43.5 Å². The van der Waals surface area contributed by atoms with Crippen LogP contribution in [0.4, 0.5) is 11.4 Å². The molecule has 26 heavy (non-hydrogen) atoms. The lowest BCUT2D eigenvalue weighted by Crippen LogP contribution is -2.32. The van der Waals surface area contributed by atoms with Gasteiger partial charge in [0.15, 0.2) is 0 Å². The van der Waals surface area contributed by atoms with E-state index in [2.05, 4.69) is 15.8 Å². The maximum Gasteiger partial charge on any atom is 0.255 e. The number of nitrogens with zero attached hydrogens (tertiary/aromatic N) is 1. The van der Waals surface area contributed by atoms with E-state index in [0.29, 0.717) is 29.1 Å². The fraction of sp³-hybridized carbons (Fsp3) is 0.211. The van der Waals surface area contributed by atoms with Gasteiger partial charge in [0, 0.05) is 23.5 Å². The van der Waals surface area contributed by atoms with Gasteiger partial charge in [0.1, 0.15) is 5.75 Å². The molecule has 4 N–H and O–H groups in total. The average molecular weight is 352 g/mol. The second-order valence-electron chi connectivity index (χ2n) is 6.13. The molecule has 1 aliphatic rings. The Kier molecular flexibility index (Phi) is 4.88. The SMILES string of the molecule is COc1cccc(C(=O)Nc2ccc(C3=NNC(=O)CC3C)cc2N)c1. The quantitative estimate of drug-likeness (QED) is 0.735. The number of hydrogen-bond acceptors (Lipinski definition) is 5. The number of benzene rings is 2. The molecule has 7 nitrogen and oxygen atoms in total. The Morgan fingerprint density at radius 2 is 2.12 bits per heavy atom. The van der Waals surface area contributed by atoms with Crippen molar-refractivity contribution >= 4 is 28.9 Å². The zero-order valence-corrected chi connectivity index (χ0v) is 14.6. The van der Waals surface area contributed by atoms with E-state index in [-0.39, 0.29) is 17.7 Å². The minimum Gasteiger partial charge on any atom is -0.497 e. The summed E-state index contributed by atoms with van der Waals surface area (Å²) in [6.07, 6.45) is 0.382. The van der Waals surface area contributed by atoms with Crippen molar-refractivity contribution in [2.75, 3.05) is 18.2 Å². The van der Waals surface area contributed by atoms with E-state index in [1.165, 1.54) is 0 Å². The highest BCUT2D eigenvalue weighted by Gasteiger charge is 2.22. The number of amides is 2. The van der Waals surface area contributed by atoms with Crippen LogP contribution in [-0.2, 0) is 4.79 Å². The molecule has 2 amide bonds. The Morgan fingerprint density at radius 1 is 1.31 bits per heavy atom. The first-order chi connectivity index (χ1) is 12.5. The van der Waals surface area contributed by atoms with E-state index in [9.17, 15) is 9.59 Å². The molecule has 3 rings (SSSR count). The Bertz CT molecular complexity index is 892. The number of hydrogen-bond donors (Lipinski definition) is 3. The topological polar surface area (TPSA) is 106 Å². The van der Waals surface area contributed by atoms with Crippen LogP contribution in [0.5, 0.6) is 5.75 Å². The van der Waals surface area contributed by atoms with Crippen molar-refractivity contribution in [3.05, 3.63) is 53.6 Å². The Labute approximate surface area is 151 Å². The van der Waals surface area contributed by atoms with E-state index >= 15 is 0 Å². The molecule has 0 spiro atoms. The molecule has 7 heteroatoms. The number of anilines is 2. The number of nitrogens with two attached hydrogens (primary N) is 1. The highest BCUT2D eigenvalue weighted by molar-refractivity contribution is 6.09. The monoisotopic (exact) mass is 352 g/mol. The zero-order chi connectivity index (χ0) is 18.7. The van der Waals surface area contributed by atoms with Crippen molar-refractivity contribution in [2.24, 2.45) is 11.0 Å². The third kappa shape index (κ3) is 3.66. The van der Waals surface area contributed by atoms with Crippen LogP contribution in [0.15, 0.2) is 47.6 Å². The molecule has 0 aliphatic carbocycles. The smallest absolute Gasteiger partial charge is 0.255 e. The number of methoxy groups -OCH3 is 1. The maximum atomic E-state index is 12.4. The normalized spacial score (nSPS) is 16.5. The van der Waals surface area contributed by atoms with Gasteiger partial charge in [0.25, 0.3) is 5.91 Å². The van der Waals surface area contributed by atoms with Crippen molar-refractivity contribution in [1.82, 2.24) is 5.43 Å². The first-order valence-corrected chi connectivity index (χ1v) is 8.19. The summed E-state index contributed by atoms with van der Waals surface area (Å²) in [5.74, 6) is 0.225. The van der Waals surface area contributed by atoms with Gasteiger partial charge in [-0.1, -0.05) is 19.1 Å². The molecule has 0 aromatic heterocycles. The highest BCUT2D eigenvalue weighted by Crippen LogP contribution is 2.25. The molecular weight excluding hydrogens is 332 g/mol. The predicted molar refractivity (Wildman–Crippen MR) is 100 cm³/mol. The summed E-state index contributed by atoms with van der Waals surface area (Å²) in [5, 5.41) is 6.92. The Balaban J connectivity index is 1.79. The largest absolute Gasteiger partial charge is 0.497 e. The summed E-state index contributed by atoms with van der Waals surface area (Å²) in [6, 6.07) is 12.2. The number of hydrazone groups is 1. The first kappa shape index (κ1) is 17.5. The van der Waals surface area contributed by atoms with E-state index < -0.39 is 0 Å². The van der Waals surface area contributed by atoms with E-state index in [1.807, 2.05) is 13.0 Å². The standard InChI is InChI=1S/C19H20N4O3/c1-11-8-17(24)22-23-18(11)12-6-7-16(15(20)10-12)21-19(25)13-4-3-5-14(9-13)26-2/h3-7,9-11H,8,20H2,1-2H3,(H,21,25)(H,22,24). The summed E-state index contributed by atoms with van der Waals surface area (Å²) < 4.78 is 5.13. The number of ether oxygens (including phenoxy) is 1. The van der Waals surface area contributed by atoms with Crippen molar-refractivity contribution < 1.29 is 14.3 Å². The minimum absolute atomic E-state index is 0.000347. The molecule has 0 saturated heterocycles. The molecule has 1 atom stereocenters. The van der Waals surface area contributed by atoms with Crippen LogP contribution in [-0.4, -0.2) is 24.6 Å². The second-order valence-corrected chi connectivity index (χ2v) is 6.13.